The van der Waals surface area contributed by atoms with Gasteiger partial charge in [-0.3, -0.25) is 9.78 Å². The minimum absolute atomic E-state index is 0.0611. The van der Waals surface area contributed by atoms with Crippen molar-refractivity contribution in [1.29, 1.82) is 0 Å². The number of halogens is 3. The van der Waals surface area contributed by atoms with Crippen LogP contribution in [-0.2, 0) is 12.6 Å². The quantitative estimate of drug-likeness (QED) is 0.358. The number of pyridine rings is 1. The first-order valence-electron chi connectivity index (χ1n) is 10.7. The van der Waals surface area contributed by atoms with Gasteiger partial charge >= 0.3 is 6.18 Å². The van der Waals surface area contributed by atoms with Crippen molar-refractivity contribution in [3.63, 3.8) is 0 Å². The molecule has 0 saturated carbocycles. The van der Waals surface area contributed by atoms with Gasteiger partial charge in [-0.05, 0) is 24.3 Å². The van der Waals surface area contributed by atoms with Gasteiger partial charge in [0.2, 0.25) is 0 Å². The molecule has 0 unspecified atom stereocenters. The molecule has 0 bridgehead atoms. The van der Waals surface area contributed by atoms with Gasteiger partial charge in [-0.15, -0.1) is 11.3 Å². The number of hydrogen-bond acceptors (Lipinski definition) is 6. The van der Waals surface area contributed by atoms with Crippen LogP contribution in [-0.4, -0.2) is 37.3 Å². The van der Waals surface area contributed by atoms with E-state index in [9.17, 15) is 18.0 Å². The van der Waals surface area contributed by atoms with Crippen LogP contribution >= 0.6 is 11.3 Å². The Morgan fingerprint density at radius 3 is 2.83 bits per heavy atom. The van der Waals surface area contributed by atoms with Gasteiger partial charge in [0, 0.05) is 30.2 Å². The summed E-state index contributed by atoms with van der Waals surface area (Å²) in [6.45, 7) is 0.408. The van der Waals surface area contributed by atoms with Crippen LogP contribution in [0.2, 0.25) is 0 Å². The Balaban J connectivity index is 1.36. The molecule has 1 N–H and O–H groups in total. The normalized spacial score (nSPS) is 16.0. The first kappa shape index (κ1) is 21.5. The van der Waals surface area contributed by atoms with Crippen molar-refractivity contribution in [2.24, 2.45) is 0 Å². The second-order valence-corrected chi connectivity index (χ2v) is 9.09. The highest BCUT2D eigenvalue weighted by atomic mass is 32.1. The fourth-order valence-corrected chi connectivity index (χ4v) is 5.12. The predicted octanol–water partition coefficient (Wildman–Crippen LogP) is 5.48. The van der Waals surface area contributed by atoms with Crippen LogP contribution in [0.25, 0.3) is 21.7 Å². The lowest BCUT2D eigenvalue weighted by molar-refractivity contribution is -0.137. The molecule has 1 amide bonds. The summed E-state index contributed by atoms with van der Waals surface area (Å²) < 4.78 is 45.4. The second-order valence-electron chi connectivity index (χ2n) is 8.06. The number of aromatic nitrogens is 4. The van der Waals surface area contributed by atoms with E-state index in [1.165, 1.54) is 6.20 Å². The van der Waals surface area contributed by atoms with Crippen molar-refractivity contribution >= 4 is 28.2 Å². The van der Waals surface area contributed by atoms with Gasteiger partial charge in [0.25, 0.3) is 5.91 Å². The van der Waals surface area contributed by atoms with E-state index < -0.39 is 17.8 Å². The number of carbonyl (C=O) groups is 1. The highest BCUT2D eigenvalue weighted by Gasteiger charge is 2.37. The van der Waals surface area contributed by atoms with Crippen LogP contribution in [0.1, 0.15) is 38.4 Å². The lowest BCUT2D eigenvalue weighted by Gasteiger charge is -2.33. The summed E-state index contributed by atoms with van der Waals surface area (Å²) in [6.07, 6.45) is 0.141. The molecular weight excluding hydrogens is 479 g/mol. The van der Waals surface area contributed by atoms with Gasteiger partial charge in [-0.1, -0.05) is 18.2 Å². The van der Waals surface area contributed by atoms with Crippen LogP contribution in [0.3, 0.4) is 0 Å². The van der Waals surface area contributed by atoms with E-state index in [-0.39, 0.29) is 16.6 Å². The molecule has 11 heteroatoms. The summed E-state index contributed by atoms with van der Waals surface area (Å²) in [5.74, 6) is 0.275. The van der Waals surface area contributed by atoms with Crippen molar-refractivity contribution in [2.75, 3.05) is 6.54 Å². The zero-order valence-corrected chi connectivity index (χ0v) is 18.7. The topological polar surface area (TPSA) is 87.9 Å². The zero-order valence-electron chi connectivity index (χ0n) is 17.9. The minimum atomic E-state index is -4.50. The predicted molar refractivity (Wildman–Crippen MR) is 122 cm³/mol. The number of fused-ring (bicyclic) bond motifs is 2. The monoisotopic (exact) mass is 495 g/mol. The fourth-order valence-electron chi connectivity index (χ4n) is 4.28. The van der Waals surface area contributed by atoms with E-state index in [1.807, 2.05) is 30.3 Å². The summed E-state index contributed by atoms with van der Waals surface area (Å²) in [6, 6.07) is 10.7. The molecule has 0 aliphatic carbocycles. The Morgan fingerprint density at radius 2 is 2.00 bits per heavy atom. The maximum atomic E-state index is 13.6. The fraction of sp³-hybridized carbons (Fsp3) is 0.167. The number of benzene rings is 1. The van der Waals surface area contributed by atoms with E-state index >= 15 is 0 Å². The van der Waals surface area contributed by atoms with Crippen molar-refractivity contribution in [2.45, 2.75) is 18.6 Å². The average molecular weight is 495 g/mol. The molecule has 5 aromatic rings. The van der Waals surface area contributed by atoms with Crippen molar-refractivity contribution in [3.05, 3.63) is 88.8 Å². The number of hydrogen-bond donors (Lipinski definition) is 1. The second kappa shape index (κ2) is 8.05. The molecular formula is C24H16F3N5O2S. The standard InChI is InChI=1S/C24H16F3N5O2S/c25-24(26,27)14-5-7-28-16(10-14)22-29-11-19(35-22)23(33)32-8-6-15-20(31-12-30-15)21(32)18-9-13-3-1-2-4-17(13)34-18/h1-5,7,9-12,21H,6,8H2,(H,30,31)/t21-/m1/s1. The summed E-state index contributed by atoms with van der Waals surface area (Å²) in [5, 5.41) is 1.14. The zero-order chi connectivity index (χ0) is 24.2. The van der Waals surface area contributed by atoms with Gasteiger partial charge in [-0.25, -0.2) is 9.97 Å². The first-order valence-corrected chi connectivity index (χ1v) is 11.5. The van der Waals surface area contributed by atoms with Crippen LogP contribution in [0.5, 0.6) is 0 Å². The first-order chi connectivity index (χ1) is 16.9. The smallest absolute Gasteiger partial charge is 0.416 e. The molecule has 1 aromatic carbocycles. The number of furan rings is 1. The van der Waals surface area contributed by atoms with E-state index in [4.69, 9.17) is 4.42 Å². The Morgan fingerprint density at radius 1 is 1.14 bits per heavy atom. The number of aromatic amines is 1. The largest absolute Gasteiger partial charge is 0.458 e. The van der Waals surface area contributed by atoms with Crippen molar-refractivity contribution < 1.29 is 22.4 Å². The maximum Gasteiger partial charge on any atom is 0.416 e. The summed E-state index contributed by atoms with van der Waals surface area (Å²) in [4.78, 5) is 31.4. The van der Waals surface area contributed by atoms with Gasteiger partial charge < -0.3 is 14.3 Å². The molecule has 0 saturated heterocycles. The third kappa shape index (κ3) is 3.77. The number of para-hydroxylation sites is 1. The number of nitrogens with one attached hydrogen (secondary N) is 1. The Kier molecular flexibility index (Phi) is 4.95. The molecule has 0 fully saturated rings. The SMILES string of the molecule is O=C(c1cnc(-c2cc(C(F)(F)F)ccn2)s1)N1CCc2[nH]cnc2[C@H]1c1cc2ccccc2o1. The summed E-state index contributed by atoms with van der Waals surface area (Å²) >= 11 is 1.00. The lowest BCUT2D eigenvalue weighted by atomic mass is 10.00. The maximum absolute atomic E-state index is 13.6. The number of thiazole rings is 1. The molecule has 6 rings (SSSR count). The molecule has 5 heterocycles. The van der Waals surface area contributed by atoms with Gasteiger partial charge in [0.15, 0.2) is 0 Å². The lowest BCUT2D eigenvalue weighted by Crippen LogP contribution is -2.40. The van der Waals surface area contributed by atoms with Crippen LogP contribution < -0.4 is 0 Å². The van der Waals surface area contributed by atoms with E-state index in [0.29, 0.717) is 34.9 Å². The summed E-state index contributed by atoms with van der Waals surface area (Å²) in [7, 11) is 0. The highest BCUT2D eigenvalue weighted by molar-refractivity contribution is 7.16. The van der Waals surface area contributed by atoms with Gasteiger partial charge in [0.05, 0.1) is 29.5 Å². The number of carbonyl (C=O) groups excluding carboxylic acids is 1. The number of imidazole rings is 1. The molecule has 1 aliphatic rings. The number of nitrogens with zero attached hydrogens (tertiary/aromatic N) is 4. The number of alkyl halides is 3. The summed E-state index contributed by atoms with van der Waals surface area (Å²) in [5.41, 5.74) is 1.57. The van der Waals surface area contributed by atoms with Crippen LogP contribution in [0.15, 0.2) is 65.6 Å². The molecule has 0 radical (unpaired) electrons. The number of amides is 1. The van der Waals surface area contributed by atoms with Crippen LogP contribution in [0, 0.1) is 0 Å². The Bertz CT molecular complexity index is 1520. The third-order valence-corrected chi connectivity index (χ3v) is 6.93. The average Bonchev–Trinajstić information content (AvgIpc) is 3.61. The molecule has 1 aliphatic heterocycles. The van der Waals surface area contributed by atoms with E-state index in [0.717, 1.165) is 40.7 Å². The third-order valence-electron chi connectivity index (χ3n) is 5.92. The molecule has 4 aromatic heterocycles. The van der Waals surface area contributed by atoms with E-state index in [2.05, 4.69) is 19.9 Å². The molecule has 176 valence electrons. The van der Waals surface area contributed by atoms with E-state index in [1.54, 1.807) is 11.2 Å². The number of rotatable bonds is 3. The molecule has 7 nitrogen and oxygen atoms in total. The van der Waals surface area contributed by atoms with Crippen molar-refractivity contribution in [1.82, 2.24) is 24.8 Å². The van der Waals surface area contributed by atoms with Crippen molar-refractivity contribution in [3.8, 4) is 10.7 Å². The van der Waals surface area contributed by atoms with Gasteiger partial charge in [0.1, 0.15) is 27.3 Å². The highest BCUT2D eigenvalue weighted by Crippen LogP contribution is 2.38. The minimum Gasteiger partial charge on any atom is -0.458 e. The Hall–Kier alpha value is -3.99. The van der Waals surface area contributed by atoms with Gasteiger partial charge in [-0.2, -0.15) is 13.2 Å². The van der Waals surface area contributed by atoms with Crippen LogP contribution in [0.4, 0.5) is 13.2 Å². The molecule has 1 atom stereocenters. The molecule has 0 spiro atoms. The molecule has 35 heavy (non-hydrogen) atoms. The number of H-pyrrole nitrogens is 1. The Labute approximate surface area is 200 Å².